The Morgan fingerprint density at radius 3 is 2.67 bits per heavy atom. The van der Waals surface area contributed by atoms with E-state index in [2.05, 4.69) is 10.2 Å². The number of nitrogens with zero attached hydrogens (tertiary/aromatic N) is 1. The molecule has 4 aliphatic rings. The Morgan fingerprint density at radius 1 is 1.00 bits per heavy atom. The van der Waals surface area contributed by atoms with Crippen LogP contribution in [-0.4, -0.2) is 48.3 Å². The lowest BCUT2D eigenvalue weighted by atomic mass is 9.86. The van der Waals surface area contributed by atoms with E-state index in [1.807, 2.05) is 0 Å². The van der Waals surface area contributed by atoms with Crippen LogP contribution in [0.2, 0.25) is 0 Å². The lowest BCUT2D eigenvalue weighted by molar-refractivity contribution is -0.109. The summed E-state index contributed by atoms with van der Waals surface area (Å²) >= 11 is 0. The summed E-state index contributed by atoms with van der Waals surface area (Å²) in [6.07, 6.45) is 15.1. The maximum atomic E-state index is 6.25. The van der Waals surface area contributed by atoms with Crippen LogP contribution in [0.5, 0.6) is 0 Å². The molecule has 0 aromatic carbocycles. The first-order valence-corrected chi connectivity index (χ1v) is 9.48. The molecule has 2 saturated heterocycles. The number of likely N-dealkylation sites (tertiary alicyclic amines) is 1. The van der Waals surface area contributed by atoms with Crippen molar-refractivity contribution in [2.75, 3.05) is 19.7 Å². The molecule has 2 saturated carbocycles. The third-order valence-corrected chi connectivity index (χ3v) is 6.34. The summed E-state index contributed by atoms with van der Waals surface area (Å²) in [6.45, 7) is 3.57. The second kappa shape index (κ2) is 6.17. The number of hydrogen-bond donors (Lipinski definition) is 1. The standard InChI is InChI=1S/C18H32N2O/c1-4-11-20(17(5-1)14-19-15-6-7-15)16-8-12-21-18(13-16)9-2-3-10-18/h15-17,19H,1-14H2. The molecule has 0 aromatic heterocycles. The quantitative estimate of drug-likeness (QED) is 0.862. The zero-order valence-electron chi connectivity index (χ0n) is 13.5. The first-order chi connectivity index (χ1) is 10.3. The van der Waals surface area contributed by atoms with E-state index in [4.69, 9.17) is 4.74 Å². The Balaban J connectivity index is 1.39. The van der Waals surface area contributed by atoms with Crippen molar-refractivity contribution in [2.24, 2.45) is 0 Å². The third kappa shape index (κ3) is 3.30. The molecule has 4 fully saturated rings. The van der Waals surface area contributed by atoms with Gasteiger partial charge in [0.1, 0.15) is 0 Å². The molecule has 120 valence electrons. The molecule has 0 radical (unpaired) electrons. The molecule has 0 bridgehead atoms. The van der Waals surface area contributed by atoms with E-state index < -0.39 is 0 Å². The van der Waals surface area contributed by atoms with Crippen molar-refractivity contribution in [2.45, 2.75) is 94.4 Å². The van der Waals surface area contributed by atoms with E-state index in [9.17, 15) is 0 Å². The van der Waals surface area contributed by atoms with Gasteiger partial charge in [0.05, 0.1) is 5.60 Å². The molecular formula is C18H32N2O. The van der Waals surface area contributed by atoms with Crippen molar-refractivity contribution < 1.29 is 4.74 Å². The van der Waals surface area contributed by atoms with E-state index in [-0.39, 0.29) is 5.60 Å². The van der Waals surface area contributed by atoms with Crippen LogP contribution >= 0.6 is 0 Å². The second-order valence-electron chi connectivity index (χ2n) is 7.96. The van der Waals surface area contributed by atoms with Gasteiger partial charge >= 0.3 is 0 Å². The first-order valence-electron chi connectivity index (χ1n) is 9.48. The van der Waals surface area contributed by atoms with Crippen LogP contribution in [0.1, 0.15) is 70.6 Å². The highest BCUT2D eigenvalue weighted by atomic mass is 16.5. The number of ether oxygens (including phenoxy) is 1. The van der Waals surface area contributed by atoms with Gasteiger partial charge in [-0.2, -0.15) is 0 Å². The molecule has 4 rings (SSSR count). The lowest BCUT2D eigenvalue weighted by Gasteiger charge is -2.47. The normalized spacial score (nSPS) is 37.1. The van der Waals surface area contributed by atoms with Gasteiger partial charge in [0.2, 0.25) is 0 Å². The fourth-order valence-corrected chi connectivity index (χ4v) is 4.97. The Labute approximate surface area is 129 Å². The summed E-state index contributed by atoms with van der Waals surface area (Å²) in [5.41, 5.74) is 0.273. The van der Waals surface area contributed by atoms with Gasteiger partial charge in [-0.1, -0.05) is 19.3 Å². The molecular weight excluding hydrogens is 260 g/mol. The van der Waals surface area contributed by atoms with Crippen molar-refractivity contribution in [1.82, 2.24) is 10.2 Å². The zero-order valence-corrected chi connectivity index (χ0v) is 13.5. The molecule has 3 nitrogen and oxygen atoms in total. The summed E-state index contributed by atoms with van der Waals surface area (Å²) in [4.78, 5) is 2.88. The van der Waals surface area contributed by atoms with Crippen LogP contribution in [-0.2, 0) is 4.74 Å². The maximum absolute atomic E-state index is 6.25. The minimum Gasteiger partial charge on any atom is -0.375 e. The first kappa shape index (κ1) is 14.5. The molecule has 2 aliphatic carbocycles. The van der Waals surface area contributed by atoms with Gasteiger partial charge in [-0.3, -0.25) is 4.90 Å². The minimum absolute atomic E-state index is 0.273. The van der Waals surface area contributed by atoms with Crippen LogP contribution in [0.3, 0.4) is 0 Å². The van der Waals surface area contributed by atoms with E-state index in [1.54, 1.807) is 0 Å². The van der Waals surface area contributed by atoms with Crippen LogP contribution in [0.25, 0.3) is 0 Å². The molecule has 2 unspecified atom stereocenters. The number of piperidine rings is 1. The van der Waals surface area contributed by atoms with Gasteiger partial charge in [-0.05, 0) is 57.9 Å². The number of hydrogen-bond acceptors (Lipinski definition) is 3. The summed E-state index contributed by atoms with van der Waals surface area (Å²) in [6, 6.07) is 2.44. The molecule has 2 aliphatic heterocycles. The van der Waals surface area contributed by atoms with Gasteiger partial charge in [-0.25, -0.2) is 0 Å². The largest absolute Gasteiger partial charge is 0.375 e. The van der Waals surface area contributed by atoms with Crippen LogP contribution < -0.4 is 5.32 Å². The monoisotopic (exact) mass is 292 g/mol. The fraction of sp³-hybridized carbons (Fsp3) is 1.00. The smallest absolute Gasteiger partial charge is 0.0697 e. The predicted molar refractivity (Wildman–Crippen MR) is 85.5 cm³/mol. The predicted octanol–water partition coefficient (Wildman–Crippen LogP) is 3.08. The zero-order chi connectivity index (χ0) is 14.1. The highest BCUT2D eigenvalue weighted by Gasteiger charge is 2.43. The Bertz CT molecular complexity index is 349. The Morgan fingerprint density at radius 2 is 1.86 bits per heavy atom. The highest BCUT2D eigenvalue weighted by molar-refractivity contribution is 4.97. The van der Waals surface area contributed by atoms with Crippen LogP contribution in [0.15, 0.2) is 0 Å². The molecule has 2 atom stereocenters. The molecule has 1 N–H and O–H groups in total. The molecule has 3 heteroatoms. The van der Waals surface area contributed by atoms with Crippen molar-refractivity contribution in [3.63, 3.8) is 0 Å². The molecule has 0 aromatic rings. The SMILES string of the molecule is C1CCN(C2CCOC3(CCCC3)C2)C(CNC2CC2)C1. The average Bonchev–Trinajstić information content (AvgIpc) is 3.26. The summed E-state index contributed by atoms with van der Waals surface area (Å²) in [5.74, 6) is 0. The van der Waals surface area contributed by atoms with Gasteiger partial charge in [0.15, 0.2) is 0 Å². The Hall–Kier alpha value is -0.120. The number of nitrogens with one attached hydrogen (secondary N) is 1. The maximum Gasteiger partial charge on any atom is 0.0697 e. The minimum atomic E-state index is 0.273. The van der Waals surface area contributed by atoms with Crippen molar-refractivity contribution in [3.05, 3.63) is 0 Å². The summed E-state index contributed by atoms with van der Waals surface area (Å²) < 4.78 is 6.25. The number of rotatable bonds is 4. The van der Waals surface area contributed by atoms with Crippen molar-refractivity contribution in [3.8, 4) is 0 Å². The van der Waals surface area contributed by atoms with Gasteiger partial charge in [0, 0.05) is 31.3 Å². The van der Waals surface area contributed by atoms with Gasteiger partial charge in [0.25, 0.3) is 0 Å². The summed E-state index contributed by atoms with van der Waals surface area (Å²) in [5, 5.41) is 3.78. The van der Waals surface area contributed by atoms with Gasteiger partial charge in [-0.15, -0.1) is 0 Å². The molecule has 1 spiro atoms. The fourth-order valence-electron chi connectivity index (χ4n) is 4.97. The Kier molecular flexibility index (Phi) is 4.25. The second-order valence-corrected chi connectivity index (χ2v) is 7.96. The van der Waals surface area contributed by atoms with Gasteiger partial charge < -0.3 is 10.1 Å². The molecule has 2 heterocycles. The van der Waals surface area contributed by atoms with E-state index in [0.29, 0.717) is 0 Å². The van der Waals surface area contributed by atoms with Crippen molar-refractivity contribution in [1.29, 1.82) is 0 Å². The topological polar surface area (TPSA) is 24.5 Å². The average molecular weight is 292 g/mol. The highest BCUT2D eigenvalue weighted by Crippen LogP contribution is 2.42. The van der Waals surface area contributed by atoms with E-state index >= 15 is 0 Å². The molecule has 0 amide bonds. The van der Waals surface area contributed by atoms with Crippen LogP contribution in [0, 0.1) is 0 Å². The summed E-state index contributed by atoms with van der Waals surface area (Å²) in [7, 11) is 0. The van der Waals surface area contributed by atoms with Crippen molar-refractivity contribution >= 4 is 0 Å². The third-order valence-electron chi connectivity index (χ3n) is 6.34. The van der Waals surface area contributed by atoms with E-state index in [0.717, 1.165) is 24.7 Å². The molecule has 21 heavy (non-hydrogen) atoms. The van der Waals surface area contributed by atoms with E-state index in [1.165, 1.54) is 83.7 Å². The lowest BCUT2D eigenvalue weighted by Crippen LogP contribution is -2.55. The van der Waals surface area contributed by atoms with Crippen LogP contribution in [0.4, 0.5) is 0 Å².